The molecule has 0 spiro atoms. The number of carboxylic acids is 1. The molecule has 6 nitrogen and oxygen atoms in total. The number of rotatable bonds is 9. The van der Waals surface area contributed by atoms with Crippen molar-refractivity contribution in [1.82, 2.24) is 4.90 Å². The summed E-state index contributed by atoms with van der Waals surface area (Å²) in [5, 5.41) is 20.3. The third-order valence-corrected chi connectivity index (χ3v) is 4.68. The summed E-state index contributed by atoms with van der Waals surface area (Å²) < 4.78 is 23.8. The highest BCUT2D eigenvalue weighted by Crippen LogP contribution is 2.34. The average molecular weight is 355 g/mol. The fraction of sp³-hybridized carbons (Fsp3) is 0.611. The molecule has 0 bridgehead atoms. The summed E-state index contributed by atoms with van der Waals surface area (Å²) in [4.78, 5) is 14.0. The first-order chi connectivity index (χ1) is 12.0. The first-order valence-corrected chi connectivity index (χ1v) is 8.43. The number of carboxylic acid groups (broad SMARTS) is 1. The number of likely N-dealkylation sites (tertiary alicyclic amines) is 1. The lowest BCUT2D eigenvalue weighted by Crippen LogP contribution is -2.57. The van der Waals surface area contributed by atoms with Crippen LogP contribution in [0.15, 0.2) is 24.3 Å². The number of piperidine rings is 1. The molecule has 2 rings (SSSR count). The number of hydrogen-bond acceptors (Lipinski definition) is 5. The first-order valence-electron chi connectivity index (χ1n) is 8.43. The Hall–Kier alpha value is -1.54. The van der Waals surface area contributed by atoms with E-state index in [0.29, 0.717) is 44.9 Å². The molecule has 2 atom stereocenters. The predicted octanol–water partition coefficient (Wildman–Crippen LogP) is 1.17. The lowest BCUT2D eigenvalue weighted by Gasteiger charge is -2.43. The van der Waals surface area contributed by atoms with Crippen molar-refractivity contribution in [2.24, 2.45) is 5.41 Å². The molecule has 1 saturated heterocycles. The summed E-state index contributed by atoms with van der Waals surface area (Å²) in [5.74, 6) is -1.47. The smallest absolute Gasteiger partial charge is 0.313 e. The van der Waals surface area contributed by atoms with Gasteiger partial charge in [0.05, 0.1) is 25.9 Å². The molecule has 7 heteroatoms. The van der Waals surface area contributed by atoms with Crippen molar-refractivity contribution < 1.29 is 28.9 Å². The average Bonchev–Trinajstić information content (AvgIpc) is 2.57. The molecule has 0 radical (unpaired) electrons. The third kappa shape index (κ3) is 5.22. The Morgan fingerprint density at radius 1 is 1.40 bits per heavy atom. The second kappa shape index (κ2) is 9.24. The molecule has 1 aromatic rings. The second-order valence-corrected chi connectivity index (χ2v) is 6.45. The van der Waals surface area contributed by atoms with Gasteiger partial charge in [-0.2, -0.15) is 0 Å². The van der Waals surface area contributed by atoms with Crippen LogP contribution in [0.2, 0.25) is 0 Å². The van der Waals surface area contributed by atoms with Crippen molar-refractivity contribution in [3.63, 3.8) is 0 Å². The molecule has 0 aromatic heterocycles. The predicted molar refractivity (Wildman–Crippen MR) is 89.9 cm³/mol. The van der Waals surface area contributed by atoms with Crippen LogP contribution in [-0.4, -0.2) is 73.8 Å². The van der Waals surface area contributed by atoms with Crippen molar-refractivity contribution in [3.05, 3.63) is 35.6 Å². The summed E-state index contributed by atoms with van der Waals surface area (Å²) in [6.45, 7) is 2.85. The lowest BCUT2D eigenvalue weighted by molar-refractivity contribution is -0.163. The molecule has 1 heterocycles. The summed E-state index contributed by atoms with van der Waals surface area (Å²) in [6, 6.07) is 5.88. The van der Waals surface area contributed by atoms with E-state index in [0.717, 1.165) is 0 Å². The van der Waals surface area contributed by atoms with Crippen LogP contribution < -0.4 is 0 Å². The molecule has 0 saturated carbocycles. The Balaban J connectivity index is 2.04. The van der Waals surface area contributed by atoms with Crippen molar-refractivity contribution in [3.8, 4) is 0 Å². The topological polar surface area (TPSA) is 79.2 Å². The number of ether oxygens (including phenoxy) is 2. The minimum absolute atomic E-state index is 0.0856. The molecule has 0 aliphatic carbocycles. The van der Waals surface area contributed by atoms with E-state index in [2.05, 4.69) is 0 Å². The van der Waals surface area contributed by atoms with Gasteiger partial charge in [-0.05, 0) is 30.5 Å². The maximum atomic E-state index is 13.4. The van der Waals surface area contributed by atoms with Crippen molar-refractivity contribution in [2.75, 3.05) is 46.6 Å². The molecule has 0 unspecified atom stereocenters. The van der Waals surface area contributed by atoms with Crippen LogP contribution in [0.25, 0.3) is 0 Å². The van der Waals surface area contributed by atoms with E-state index in [-0.39, 0.29) is 13.0 Å². The van der Waals surface area contributed by atoms with Crippen LogP contribution in [-0.2, 0) is 20.7 Å². The molecule has 1 fully saturated rings. The van der Waals surface area contributed by atoms with Crippen LogP contribution in [0.3, 0.4) is 0 Å². The number of methoxy groups -OCH3 is 1. The van der Waals surface area contributed by atoms with E-state index in [4.69, 9.17) is 9.47 Å². The van der Waals surface area contributed by atoms with E-state index in [1.54, 1.807) is 19.2 Å². The van der Waals surface area contributed by atoms with Gasteiger partial charge in [0.15, 0.2) is 0 Å². The number of hydrogen-bond donors (Lipinski definition) is 2. The van der Waals surface area contributed by atoms with E-state index in [1.807, 2.05) is 4.90 Å². The maximum absolute atomic E-state index is 13.4. The summed E-state index contributed by atoms with van der Waals surface area (Å²) in [6.07, 6.45) is -0.527. The standard InChI is InChI=1S/C18H26FNO5/c1-24-9-10-25-8-7-20-6-5-16(21)18(13-20,17(22)23)12-14-3-2-4-15(19)11-14/h2-4,11,16,21H,5-10,12-13H2,1H3,(H,22,23)/t16-,18-/m1/s1. The minimum atomic E-state index is -1.35. The maximum Gasteiger partial charge on any atom is 0.313 e. The normalized spacial score (nSPS) is 24.4. The van der Waals surface area contributed by atoms with Crippen LogP contribution in [0, 0.1) is 11.2 Å². The molecule has 2 N–H and O–H groups in total. The summed E-state index contributed by atoms with van der Waals surface area (Å²) >= 11 is 0. The Bertz CT molecular complexity index is 570. The molecule has 1 aliphatic rings. The van der Waals surface area contributed by atoms with Gasteiger partial charge in [-0.25, -0.2) is 4.39 Å². The zero-order valence-corrected chi connectivity index (χ0v) is 14.5. The fourth-order valence-electron chi connectivity index (χ4n) is 3.26. The summed E-state index contributed by atoms with van der Waals surface area (Å²) in [7, 11) is 1.60. The Morgan fingerprint density at radius 3 is 2.88 bits per heavy atom. The molecule has 140 valence electrons. The molecule has 25 heavy (non-hydrogen) atoms. The van der Waals surface area contributed by atoms with Gasteiger partial charge in [0.25, 0.3) is 0 Å². The number of aliphatic carboxylic acids is 1. The zero-order valence-electron chi connectivity index (χ0n) is 14.5. The fourth-order valence-corrected chi connectivity index (χ4v) is 3.26. The van der Waals surface area contributed by atoms with Gasteiger partial charge in [0.1, 0.15) is 11.2 Å². The summed E-state index contributed by atoms with van der Waals surface area (Å²) in [5.41, 5.74) is -0.780. The number of carbonyl (C=O) groups is 1. The quantitative estimate of drug-likeness (QED) is 0.648. The Labute approximate surface area is 147 Å². The van der Waals surface area contributed by atoms with Gasteiger partial charge >= 0.3 is 5.97 Å². The molecular weight excluding hydrogens is 329 g/mol. The van der Waals surface area contributed by atoms with Gasteiger partial charge in [-0.1, -0.05) is 12.1 Å². The van der Waals surface area contributed by atoms with Crippen LogP contribution in [0.4, 0.5) is 4.39 Å². The highest BCUT2D eigenvalue weighted by molar-refractivity contribution is 5.76. The van der Waals surface area contributed by atoms with E-state index >= 15 is 0 Å². The molecular formula is C18H26FNO5. The SMILES string of the molecule is COCCOCCN1CC[C@@H](O)[C@](Cc2cccc(F)c2)(C(=O)O)C1. The van der Waals surface area contributed by atoms with Crippen LogP contribution in [0.5, 0.6) is 0 Å². The monoisotopic (exact) mass is 355 g/mol. The number of aliphatic hydroxyl groups excluding tert-OH is 1. The van der Waals surface area contributed by atoms with E-state index in [1.165, 1.54) is 12.1 Å². The molecule has 0 amide bonds. The number of benzene rings is 1. The highest BCUT2D eigenvalue weighted by Gasteiger charge is 2.49. The number of aliphatic hydroxyl groups is 1. The number of halogens is 1. The number of nitrogens with zero attached hydrogens (tertiary/aromatic N) is 1. The van der Waals surface area contributed by atoms with Gasteiger partial charge in [-0.15, -0.1) is 0 Å². The minimum Gasteiger partial charge on any atom is -0.481 e. The van der Waals surface area contributed by atoms with E-state index in [9.17, 15) is 19.4 Å². The second-order valence-electron chi connectivity index (χ2n) is 6.45. The first kappa shape index (κ1) is 19.8. The molecule has 1 aliphatic heterocycles. The largest absolute Gasteiger partial charge is 0.481 e. The molecule has 1 aromatic carbocycles. The van der Waals surface area contributed by atoms with Gasteiger partial charge in [0.2, 0.25) is 0 Å². The Kier molecular flexibility index (Phi) is 7.31. The zero-order chi connectivity index (χ0) is 18.3. The van der Waals surface area contributed by atoms with Crippen molar-refractivity contribution >= 4 is 5.97 Å². The van der Waals surface area contributed by atoms with Crippen LogP contribution in [0.1, 0.15) is 12.0 Å². The van der Waals surface area contributed by atoms with Crippen molar-refractivity contribution in [2.45, 2.75) is 18.9 Å². The third-order valence-electron chi connectivity index (χ3n) is 4.68. The highest BCUT2D eigenvalue weighted by atomic mass is 19.1. The lowest BCUT2D eigenvalue weighted by atomic mass is 9.73. The van der Waals surface area contributed by atoms with Crippen molar-refractivity contribution in [1.29, 1.82) is 0 Å². The van der Waals surface area contributed by atoms with Gasteiger partial charge in [0, 0.05) is 26.7 Å². The van der Waals surface area contributed by atoms with Crippen LogP contribution >= 0.6 is 0 Å². The van der Waals surface area contributed by atoms with Gasteiger partial charge in [-0.3, -0.25) is 9.69 Å². The Morgan fingerprint density at radius 2 is 2.20 bits per heavy atom. The van der Waals surface area contributed by atoms with E-state index < -0.39 is 23.3 Å². The van der Waals surface area contributed by atoms with Gasteiger partial charge < -0.3 is 19.7 Å².